The molecule has 0 saturated carbocycles. The van der Waals surface area contributed by atoms with Gasteiger partial charge in [0.15, 0.2) is 6.29 Å². The van der Waals surface area contributed by atoms with E-state index in [2.05, 4.69) is 4.74 Å². The van der Waals surface area contributed by atoms with Crippen LogP contribution in [0.15, 0.2) is 18.2 Å². The Morgan fingerprint density at radius 3 is 2.62 bits per heavy atom. The van der Waals surface area contributed by atoms with Gasteiger partial charge >= 0.3 is 6.18 Å². The fourth-order valence-corrected chi connectivity index (χ4v) is 1.58. The zero-order chi connectivity index (χ0) is 12.0. The average molecular weight is 234 g/mol. The number of carbonyl (C=O) groups excluding carboxylic acids is 1. The van der Waals surface area contributed by atoms with Crippen molar-refractivity contribution in [3.63, 3.8) is 0 Å². The van der Waals surface area contributed by atoms with Gasteiger partial charge in [-0.25, -0.2) is 4.39 Å². The van der Waals surface area contributed by atoms with Crippen molar-refractivity contribution in [2.24, 2.45) is 0 Å². The lowest BCUT2D eigenvalue weighted by Gasteiger charge is -2.24. The monoisotopic (exact) mass is 234 g/mol. The molecule has 0 fully saturated rings. The van der Waals surface area contributed by atoms with Crippen LogP contribution in [-0.4, -0.2) is 18.1 Å². The van der Waals surface area contributed by atoms with E-state index < -0.39 is 24.0 Å². The van der Waals surface area contributed by atoms with Gasteiger partial charge in [-0.2, -0.15) is 13.2 Å². The van der Waals surface area contributed by atoms with Crippen LogP contribution in [0.25, 0.3) is 0 Å². The third-order valence-electron chi connectivity index (χ3n) is 2.44. The van der Waals surface area contributed by atoms with E-state index in [0.717, 1.165) is 12.1 Å². The number of halogens is 4. The van der Waals surface area contributed by atoms with E-state index in [9.17, 15) is 22.4 Å². The van der Waals surface area contributed by atoms with Gasteiger partial charge in [-0.1, -0.05) is 6.07 Å². The molecule has 0 bridgehead atoms. The molecule has 16 heavy (non-hydrogen) atoms. The molecule has 1 aromatic rings. The first-order valence-corrected chi connectivity index (χ1v) is 4.38. The summed E-state index contributed by atoms with van der Waals surface area (Å²) in [5, 5.41) is 0. The Balaban J connectivity index is 2.44. The SMILES string of the molecule is O=CC1(C(F)(F)F)Cc2ccc(F)cc2O1. The predicted molar refractivity (Wildman–Crippen MR) is 45.6 cm³/mol. The number of ether oxygens (including phenoxy) is 1. The number of alkyl halides is 3. The highest BCUT2D eigenvalue weighted by atomic mass is 19.4. The van der Waals surface area contributed by atoms with Crippen LogP contribution in [0.3, 0.4) is 0 Å². The molecule has 0 amide bonds. The summed E-state index contributed by atoms with van der Waals surface area (Å²) in [7, 11) is 0. The van der Waals surface area contributed by atoms with Gasteiger partial charge in [-0.05, 0) is 11.6 Å². The van der Waals surface area contributed by atoms with Gasteiger partial charge in [-0.15, -0.1) is 0 Å². The molecule has 0 aliphatic carbocycles. The van der Waals surface area contributed by atoms with Crippen LogP contribution < -0.4 is 4.74 Å². The molecular formula is C10H6F4O2. The number of aldehydes is 1. The van der Waals surface area contributed by atoms with Gasteiger partial charge in [0.2, 0.25) is 0 Å². The molecule has 1 aliphatic rings. The summed E-state index contributed by atoms with van der Waals surface area (Å²) < 4.78 is 55.2. The smallest absolute Gasteiger partial charge is 0.435 e. The van der Waals surface area contributed by atoms with Crippen LogP contribution in [0.2, 0.25) is 0 Å². The van der Waals surface area contributed by atoms with Crippen LogP contribution in [0.5, 0.6) is 5.75 Å². The van der Waals surface area contributed by atoms with Crippen molar-refractivity contribution in [1.82, 2.24) is 0 Å². The molecule has 0 aromatic heterocycles. The van der Waals surface area contributed by atoms with Gasteiger partial charge in [0.25, 0.3) is 5.60 Å². The first-order chi connectivity index (χ1) is 7.38. The number of hydrogen-bond donors (Lipinski definition) is 0. The summed E-state index contributed by atoms with van der Waals surface area (Å²) in [4.78, 5) is 10.6. The first-order valence-electron chi connectivity index (χ1n) is 4.38. The minimum absolute atomic E-state index is 0.172. The minimum Gasteiger partial charge on any atom is -0.469 e. The van der Waals surface area contributed by atoms with Crippen molar-refractivity contribution in [3.8, 4) is 5.75 Å². The van der Waals surface area contributed by atoms with Gasteiger partial charge in [0, 0.05) is 12.5 Å². The van der Waals surface area contributed by atoms with Gasteiger partial charge < -0.3 is 4.74 Å². The summed E-state index contributed by atoms with van der Waals surface area (Å²) in [6.07, 6.45) is -5.72. The lowest BCUT2D eigenvalue weighted by atomic mass is 9.98. The maximum atomic E-state index is 12.8. The number of hydrogen-bond acceptors (Lipinski definition) is 2. The predicted octanol–water partition coefficient (Wildman–Crippen LogP) is 2.26. The number of carbonyl (C=O) groups is 1. The van der Waals surface area contributed by atoms with E-state index in [0.29, 0.717) is 0 Å². The summed E-state index contributed by atoms with van der Waals surface area (Å²) in [6, 6.07) is 3.05. The highest BCUT2D eigenvalue weighted by Crippen LogP contribution is 2.43. The molecule has 1 aromatic carbocycles. The second-order valence-corrected chi connectivity index (χ2v) is 3.54. The molecule has 1 unspecified atom stereocenters. The maximum Gasteiger partial charge on any atom is 0.435 e. The summed E-state index contributed by atoms with van der Waals surface area (Å²) in [5.41, 5.74) is -2.70. The second kappa shape index (κ2) is 3.20. The van der Waals surface area contributed by atoms with Crippen molar-refractivity contribution in [1.29, 1.82) is 0 Å². The van der Waals surface area contributed by atoms with Crippen molar-refractivity contribution >= 4 is 6.29 Å². The summed E-state index contributed by atoms with van der Waals surface area (Å²) >= 11 is 0. The molecule has 86 valence electrons. The fraction of sp³-hybridized carbons (Fsp3) is 0.300. The lowest BCUT2D eigenvalue weighted by molar-refractivity contribution is -0.229. The van der Waals surface area contributed by atoms with Crippen molar-refractivity contribution in [2.75, 3.05) is 0 Å². The average Bonchev–Trinajstić information content (AvgIpc) is 2.55. The Kier molecular flexibility index (Phi) is 2.18. The standard InChI is InChI=1S/C10H6F4O2/c11-7-2-1-6-4-9(5-15,10(12,13)14)16-8(6)3-7/h1-3,5H,4H2. The van der Waals surface area contributed by atoms with E-state index in [1.54, 1.807) is 0 Å². The zero-order valence-electron chi connectivity index (χ0n) is 7.84. The van der Waals surface area contributed by atoms with E-state index in [1.807, 2.05) is 0 Å². The van der Waals surface area contributed by atoms with Crippen LogP contribution in [-0.2, 0) is 11.2 Å². The first kappa shape index (κ1) is 10.9. The third-order valence-corrected chi connectivity index (χ3v) is 2.44. The second-order valence-electron chi connectivity index (χ2n) is 3.54. The van der Waals surface area contributed by atoms with Crippen LogP contribution in [0.4, 0.5) is 17.6 Å². The fourth-order valence-electron chi connectivity index (χ4n) is 1.58. The topological polar surface area (TPSA) is 26.3 Å². The minimum atomic E-state index is -4.82. The lowest BCUT2D eigenvalue weighted by Crippen LogP contribution is -2.50. The van der Waals surface area contributed by atoms with Crippen LogP contribution in [0.1, 0.15) is 5.56 Å². The van der Waals surface area contributed by atoms with Crippen LogP contribution in [0, 0.1) is 5.82 Å². The van der Waals surface area contributed by atoms with E-state index in [-0.39, 0.29) is 17.6 Å². The van der Waals surface area contributed by atoms with E-state index in [1.165, 1.54) is 6.07 Å². The Morgan fingerprint density at radius 1 is 1.38 bits per heavy atom. The Hall–Kier alpha value is -1.59. The Morgan fingerprint density at radius 2 is 2.06 bits per heavy atom. The Bertz CT molecular complexity index is 441. The van der Waals surface area contributed by atoms with Gasteiger partial charge in [0.1, 0.15) is 11.6 Å². The van der Waals surface area contributed by atoms with E-state index in [4.69, 9.17) is 0 Å². The van der Waals surface area contributed by atoms with Gasteiger partial charge in [-0.3, -0.25) is 4.79 Å². The van der Waals surface area contributed by atoms with Crippen molar-refractivity contribution in [3.05, 3.63) is 29.6 Å². The summed E-state index contributed by atoms with van der Waals surface area (Å²) in [6.45, 7) is 0. The molecule has 0 spiro atoms. The largest absolute Gasteiger partial charge is 0.469 e. The molecule has 2 rings (SSSR count). The number of fused-ring (bicyclic) bond motifs is 1. The number of benzene rings is 1. The Labute approximate surface area is 87.8 Å². The highest BCUT2D eigenvalue weighted by Gasteiger charge is 2.60. The van der Waals surface area contributed by atoms with Crippen molar-refractivity contribution < 1.29 is 27.1 Å². The van der Waals surface area contributed by atoms with Gasteiger partial charge in [0.05, 0.1) is 0 Å². The normalized spacial score (nSPS) is 23.8. The molecular weight excluding hydrogens is 228 g/mol. The molecule has 0 radical (unpaired) electrons. The summed E-state index contributed by atoms with van der Waals surface area (Å²) in [5.74, 6) is -0.938. The molecule has 1 heterocycles. The highest BCUT2D eigenvalue weighted by molar-refractivity contribution is 5.68. The molecule has 0 N–H and O–H groups in total. The molecule has 1 atom stereocenters. The van der Waals surface area contributed by atoms with Crippen LogP contribution >= 0.6 is 0 Å². The molecule has 6 heteroatoms. The van der Waals surface area contributed by atoms with Crippen molar-refractivity contribution in [2.45, 2.75) is 18.2 Å². The number of rotatable bonds is 1. The van der Waals surface area contributed by atoms with E-state index >= 15 is 0 Å². The molecule has 0 saturated heterocycles. The maximum absolute atomic E-state index is 12.8. The zero-order valence-corrected chi connectivity index (χ0v) is 7.84. The third kappa shape index (κ3) is 1.45. The molecule has 1 aliphatic heterocycles. The molecule has 2 nitrogen and oxygen atoms in total. The quantitative estimate of drug-likeness (QED) is 0.550.